The van der Waals surface area contributed by atoms with Gasteiger partial charge in [0.2, 0.25) is 5.91 Å². The number of nitrogens with one attached hydrogen (secondary N) is 1. The van der Waals surface area contributed by atoms with Crippen molar-refractivity contribution < 1.29 is 9.53 Å². The van der Waals surface area contributed by atoms with Gasteiger partial charge in [-0.15, -0.1) is 0 Å². The fourth-order valence-corrected chi connectivity index (χ4v) is 3.81. The van der Waals surface area contributed by atoms with Crippen molar-refractivity contribution >= 4 is 17.7 Å². The molecule has 0 aromatic carbocycles. The van der Waals surface area contributed by atoms with Gasteiger partial charge in [-0.25, -0.2) is 0 Å². The molecule has 1 fully saturated rings. The Labute approximate surface area is 121 Å². The van der Waals surface area contributed by atoms with E-state index >= 15 is 0 Å². The lowest BCUT2D eigenvalue weighted by atomic mass is 9.94. The Kier molecular flexibility index (Phi) is 6.63. The summed E-state index contributed by atoms with van der Waals surface area (Å²) >= 11 is 1.87. The summed E-state index contributed by atoms with van der Waals surface area (Å²) in [5.41, 5.74) is 4.92. The minimum atomic E-state index is -0.628. The van der Waals surface area contributed by atoms with Crippen molar-refractivity contribution in [1.29, 1.82) is 0 Å². The molecule has 1 saturated heterocycles. The Hall–Kier alpha value is -0.260. The lowest BCUT2D eigenvalue weighted by Gasteiger charge is -2.32. The molecule has 3 unspecified atom stereocenters. The van der Waals surface area contributed by atoms with Gasteiger partial charge in [0.05, 0.1) is 11.6 Å². The van der Waals surface area contributed by atoms with Crippen molar-refractivity contribution in [2.24, 2.45) is 5.73 Å². The molecule has 0 aliphatic carbocycles. The average molecular weight is 288 g/mol. The van der Waals surface area contributed by atoms with E-state index in [-0.39, 0.29) is 11.9 Å². The maximum absolute atomic E-state index is 11.7. The summed E-state index contributed by atoms with van der Waals surface area (Å²) in [6.07, 6.45) is 3.48. The van der Waals surface area contributed by atoms with Gasteiger partial charge in [0, 0.05) is 23.7 Å². The van der Waals surface area contributed by atoms with Crippen LogP contribution in [0.4, 0.5) is 0 Å². The highest BCUT2D eigenvalue weighted by Gasteiger charge is 2.33. The molecule has 3 atom stereocenters. The number of primary amides is 1. The van der Waals surface area contributed by atoms with Crippen molar-refractivity contribution in [2.75, 3.05) is 12.4 Å². The summed E-state index contributed by atoms with van der Waals surface area (Å²) in [5, 5.41) is 3.68. The van der Waals surface area contributed by atoms with Crippen LogP contribution in [0, 0.1) is 0 Å². The van der Waals surface area contributed by atoms with Gasteiger partial charge in [0.15, 0.2) is 0 Å². The van der Waals surface area contributed by atoms with Crippen molar-refractivity contribution in [3.8, 4) is 0 Å². The second kappa shape index (κ2) is 7.50. The minimum Gasteiger partial charge on any atom is -0.377 e. The molecule has 0 bridgehead atoms. The zero-order valence-electron chi connectivity index (χ0n) is 12.6. The second-order valence-corrected chi connectivity index (χ2v) is 7.45. The van der Waals surface area contributed by atoms with Gasteiger partial charge in [0.25, 0.3) is 0 Å². The molecular weight excluding hydrogens is 260 g/mol. The van der Waals surface area contributed by atoms with E-state index in [0.29, 0.717) is 11.4 Å². The van der Waals surface area contributed by atoms with Crippen molar-refractivity contribution in [2.45, 2.75) is 69.9 Å². The molecule has 1 amide bonds. The van der Waals surface area contributed by atoms with E-state index in [4.69, 9.17) is 10.5 Å². The normalized spacial score (nSPS) is 24.4. The molecule has 0 saturated carbocycles. The Balaban J connectivity index is 2.41. The molecule has 19 heavy (non-hydrogen) atoms. The number of carbonyl (C=O) groups excluding carboxylic acids is 1. The van der Waals surface area contributed by atoms with Crippen LogP contribution in [0.3, 0.4) is 0 Å². The number of amides is 1. The van der Waals surface area contributed by atoms with Gasteiger partial charge < -0.3 is 15.8 Å². The number of thioether (sulfide) groups is 1. The molecule has 0 aromatic rings. The van der Waals surface area contributed by atoms with Crippen molar-refractivity contribution in [3.63, 3.8) is 0 Å². The van der Waals surface area contributed by atoms with Crippen LogP contribution in [0.25, 0.3) is 0 Å². The highest BCUT2D eigenvalue weighted by molar-refractivity contribution is 7.99. The molecule has 0 spiro atoms. The smallest absolute Gasteiger partial charge is 0.237 e. The largest absolute Gasteiger partial charge is 0.377 e. The highest BCUT2D eigenvalue weighted by atomic mass is 32.2. The predicted octanol–water partition coefficient (Wildman–Crippen LogP) is 1.92. The first-order chi connectivity index (χ1) is 8.83. The summed E-state index contributed by atoms with van der Waals surface area (Å²) in [6, 6.07) is 0.243. The standard InChI is InChI=1S/C14H28N2O2S/c1-10(2)16-14(4,13(15)17)8-11(3)19-9-12-6-5-7-18-12/h10-12,16H,5-9H2,1-4H3,(H2,15,17). The maximum atomic E-state index is 11.7. The lowest BCUT2D eigenvalue weighted by Crippen LogP contribution is -2.56. The number of nitrogens with two attached hydrogens (primary N) is 1. The molecule has 3 N–H and O–H groups in total. The molecule has 5 heteroatoms. The fourth-order valence-electron chi connectivity index (χ4n) is 2.55. The number of hydrogen-bond donors (Lipinski definition) is 2. The van der Waals surface area contributed by atoms with Gasteiger partial charge in [-0.2, -0.15) is 11.8 Å². The summed E-state index contributed by atoms with van der Waals surface area (Å²) in [5.74, 6) is 0.739. The van der Waals surface area contributed by atoms with E-state index in [1.54, 1.807) is 0 Å². The van der Waals surface area contributed by atoms with Gasteiger partial charge in [-0.3, -0.25) is 4.79 Å². The number of carbonyl (C=O) groups is 1. The van der Waals surface area contributed by atoms with E-state index < -0.39 is 5.54 Å². The minimum absolute atomic E-state index is 0.243. The number of rotatable bonds is 8. The van der Waals surface area contributed by atoms with Crippen LogP contribution in [-0.2, 0) is 9.53 Å². The van der Waals surface area contributed by atoms with Gasteiger partial charge >= 0.3 is 0 Å². The third-order valence-electron chi connectivity index (χ3n) is 3.44. The quantitative estimate of drug-likeness (QED) is 0.716. The van der Waals surface area contributed by atoms with Crippen LogP contribution >= 0.6 is 11.8 Å². The zero-order chi connectivity index (χ0) is 14.5. The van der Waals surface area contributed by atoms with E-state index in [2.05, 4.69) is 12.2 Å². The third-order valence-corrected chi connectivity index (χ3v) is 4.74. The molecule has 1 aliphatic rings. The van der Waals surface area contributed by atoms with Crippen LogP contribution in [0.5, 0.6) is 0 Å². The monoisotopic (exact) mass is 288 g/mol. The first-order valence-electron chi connectivity index (χ1n) is 7.14. The van der Waals surface area contributed by atoms with E-state index in [1.165, 1.54) is 6.42 Å². The molecule has 0 aromatic heterocycles. The van der Waals surface area contributed by atoms with E-state index in [1.807, 2.05) is 32.5 Å². The van der Waals surface area contributed by atoms with Crippen LogP contribution in [0.2, 0.25) is 0 Å². The SMILES string of the molecule is CC(C)NC(C)(CC(C)SCC1CCCO1)C(N)=O. The molecular formula is C14H28N2O2S. The first kappa shape index (κ1) is 16.8. The van der Waals surface area contributed by atoms with Crippen molar-refractivity contribution in [3.05, 3.63) is 0 Å². The highest BCUT2D eigenvalue weighted by Crippen LogP contribution is 2.25. The first-order valence-corrected chi connectivity index (χ1v) is 8.19. The maximum Gasteiger partial charge on any atom is 0.237 e. The molecule has 1 heterocycles. The van der Waals surface area contributed by atoms with Gasteiger partial charge in [-0.1, -0.05) is 6.92 Å². The molecule has 1 rings (SSSR count). The molecule has 112 valence electrons. The zero-order valence-corrected chi connectivity index (χ0v) is 13.4. The molecule has 4 nitrogen and oxygen atoms in total. The average Bonchev–Trinajstić information content (AvgIpc) is 2.77. The van der Waals surface area contributed by atoms with E-state index in [0.717, 1.165) is 25.2 Å². The van der Waals surface area contributed by atoms with E-state index in [9.17, 15) is 4.79 Å². The Morgan fingerprint density at radius 3 is 2.68 bits per heavy atom. The summed E-state index contributed by atoms with van der Waals surface area (Å²) in [6.45, 7) is 9.02. The second-order valence-electron chi connectivity index (χ2n) is 5.98. The van der Waals surface area contributed by atoms with Crippen molar-refractivity contribution in [1.82, 2.24) is 5.32 Å². The topological polar surface area (TPSA) is 64.3 Å². The van der Waals surface area contributed by atoms with Crippen LogP contribution in [0.1, 0.15) is 47.0 Å². The van der Waals surface area contributed by atoms with Crippen LogP contribution in [0.15, 0.2) is 0 Å². The summed E-state index contributed by atoms with van der Waals surface area (Å²) in [4.78, 5) is 11.7. The summed E-state index contributed by atoms with van der Waals surface area (Å²) in [7, 11) is 0. The molecule has 1 aliphatic heterocycles. The summed E-state index contributed by atoms with van der Waals surface area (Å²) < 4.78 is 5.62. The number of ether oxygens (including phenoxy) is 1. The predicted molar refractivity (Wildman–Crippen MR) is 81.4 cm³/mol. The Morgan fingerprint density at radius 2 is 2.21 bits per heavy atom. The van der Waals surface area contributed by atoms with Crippen LogP contribution < -0.4 is 11.1 Å². The third kappa shape index (κ3) is 5.71. The number of hydrogen-bond acceptors (Lipinski definition) is 4. The molecule has 0 radical (unpaired) electrons. The Morgan fingerprint density at radius 1 is 1.53 bits per heavy atom. The van der Waals surface area contributed by atoms with Crippen LogP contribution in [-0.4, -0.2) is 41.2 Å². The van der Waals surface area contributed by atoms with Gasteiger partial charge in [-0.05, 0) is 40.0 Å². The Bertz CT molecular complexity index is 293. The fraction of sp³-hybridized carbons (Fsp3) is 0.929. The lowest BCUT2D eigenvalue weighted by molar-refractivity contribution is -0.124. The van der Waals surface area contributed by atoms with Gasteiger partial charge in [0.1, 0.15) is 0 Å².